The second-order valence-corrected chi connectivity index (χ2v) is 4.40. The van der Waals surface area contributed by atoms with Crippen molar-refractivity contribution in [3.63, 3.8) is 0 Å². The Labute approximate surface area is 88.7 Å². The molecule has 0 aliphatic rings. The van der Waals surface area contributed by atoms with Gasteiger partial charge in [0.15, 0.2) is 11.6 Å². The van der Waals surface area contributed by atoms with Gasteiger partial charge in [0, 0.05) is 6.42 Å². The first kappa shape index (κ1) is 12.1. The molecule has 0 aliphatic heterocycles. The molecule has 0 aliphatic carbocycles. The molecule has 1 rings (SSSR count). The van der Waals surface area contributed by atoms with Crippen LogP contribution in [0.2, 0.25) is 0 Å². The van der Waals surface area contributed by atoms with Crippen molar-refractivity contribution in [1.29, 1.82) is 0 Å². The quantitative estimate of drug-likeness (QED) is 0.820. The molecule has 84 valence electrons. The van der Waals surface area contributed by atoms with Gasteiger partial charge >= 0.3 is 0 Å². The standard InChI is InChI=1S/C12H16F2O/c1-8(2)12(3,15)7-9-5-4-6-10(13)11(9)14/h4-6,8,15H,7H2,1-3H3. The van der Waals surface area contributed by atoms with Crippen LogP contribution >= 0.6 is 0 Å². The Morgan fingerprint density at radius 1 is 1.33 bits per heavy atom. The molecule has 1 unspecified atom stereocenters. The first-order chi connectivity index (χ1) is 6.84. The topological polar surface area (TPSA) is 20.2 Å². The summed E-state index contributed by atoms with van der Waals surface area (Å²) in [5.41, 5.74) is -0.803. The lowest BCUT2D eigenvalue weighted by molar-refractivity contribution is 0.0131. The zero-order valence-corrected chi connectivity index (χ0v) is 9.22. The van der Waals surface area contributed by atoms with Crippen molar-refractivity contribution >= 4 is 0 Å². The van der Waals surface area contributed by atoms with E-state index < -0.39 is 17.2 Å². The average Bonchev–Trinajstić information content (AvgIpc) is 2.12. The minimum atomic E-state index is -1.02. The third-order valence-corrected chi connectivity index (χ3v) is 2.82. The molecule has 0 radical (unpaired) electrons. The highest BCUT2D eigenvalue weighted by Gasteiger charge is 2.26. The highest BCUT2D eigenvalue weighted by molar-refractivity contribution is 5.20. The summed E-state index contributed by atoms with van der Waals surface area (Å²) >= 11 is 0. The Balaban J connectivity index is 2.95. The van der Waals surface area contributed by atoms with Crippen LogP contribution in [0.25, 0.3) is 0 Å². The molecule has 0 spiro atoms. The Morgan fingerprint density at radius 2 is 1.93 bits per heavy atom. The average molecular weight is 214 g/mol. The molecule has 1 aromatic carbocycles. The maximum absolute atomic E-state index is 13.3. The van der Waals surface area contributed by atoms with Gasteiger partial charge in [-0.2, -0.15) is 0 Å². The molecular weight excluding hydrogens is 198 g/mol. The number of halogens is 2. The van der Waals surface area contributed by atoms with Gasteiger partial charge in [-0.1, -0.05) is 26.0 Å². The van der Waals surface area contributed by atoms with E-state index in [0.717, 1.165) is 6.07 Å². The molecule has 1 aromatic rings. The van der Waals surface area contributed by atoms with E-state index in [0.29, 0.717) is 0 Å². The van der Waals surface area contributed by atoms with Crippen LogP contribution in [-0.2, 0) is 6.42 Å². The molecule has 1 nitrogen and oxygen atoms in total. The van der Waals surface area contributed by atoms with Crippen molar-refractivity contribution in [2.75, 3.05) is 0 Å². The van der Waals surface area contributed by atoms with E-state index in [2.05, 4.69) is 0 Å². The summed E-state index contributed by atoms with van der Waals surface area (Å²) in [5.74, 6) is -1.74. The predicted octanol–water partition coefficient (Wildman–Crippen LogP) is 2.91. The smallest absolute Gasteiger partial charge is 0.162 e. The van der Waals surface area contributed by atoms with Gasteiger partial charge < -0.3 is 5.11 Å². The van der Waals surface area contributed by atoms with Gasteiger partial charge in [-0.25, -0.2) is 8.78 Å². The van der Waals surface area contributed by atoms with E-state index in [-0.39, 0.29) is 17.9 Å². The van der Waals surface area contributed by atoms with Crippen molar-refractivity contribution in [1.82, 2.24) is 0 Å². The van der Waals surface area contributed by atoms with Gasteiger partial charge in [-0.05, 0) is 24.5 Å². The van der Waals surface area contributed by atoms with E-state index in [1.165, 1.54) is 12.1 Å². The highest BCUT2D eigenvalue weighted by atomic mass is 19.2. The summed E-state index contributed by atoms with van der Waals surface area (Å²) in [6, 6.07) is 4.02. The summed E-state index contributed by atoms with van der Waals surface area (Å²) in [6.07, 6.45) is 0.119. The second kappa shape index (κ2) is 4.27. The first-order valence-electron chi connectivity index (χ1n) is 5.00. The highest BCUT2D eigenvalue weighted by Crippen LogP contribution is 2.23. The molecule has 0 aromatic heterocycles. The lowest BCUT2D eigenvalue weighted by Crippen LogP contribution is -2.34. The predicted molar refractivity (Wildman–Crippen MR) is 55.5 cm³/mol. The minimum Gasteiger partial charge on any atom is -0.390 e. The van der Waals surface area contributed by atoms with Gasteiger partial charge in [-0.3, -0.25) is 0 Å². The Morgan fingerprint density at radius 3 is 2.47 bits per heavy atom. The Bertz CT molecular complexity index is 345. The molecule has 0 saturated carbocycles. The molecular formula is C12H16F2O. The Kier molecular flexibility index (Phi) is 3.45. The largest absolute Gasteiger partial charge is 0.390 e. The van der Waals surface area contributed by atoms with Gasteiger partial charge in [0.05, 0.1) is 5.60 Å². The second-order valence-electron chi connectivity index (χ2n) is 4.40. The summed E-state index contributed by atoms with van der Waals surface area (Å²) in [6.45, 7) is 5.32. The van der Waals surface area contributed by atoms with E-state index >= 15 is 0 Å². The number of hydrogen-bond acceptors (Lipinski definition) is 1. The zero-order chi connectivity index (χ0) is 11.6. The number of hydrogen-bond donors (Lipinski definition) is 1. The van der Waals surface area contributed by atoms with Crippen LogP contribution in [-0.4, -0.2) is 10.7 Å². The van der Waals surface area contributed by atoms with Gasteiger partial charge in [0.1, 0.15) is 0 Å². The molecule has 0 fully saturated rings. The summed E-state index contributed by atoms with van der Waals surface area (Å²) in [5, 5.41) is 9.97. The molecule has 0 amide bonds. The van der Waals surface area contributed by atoms with Crippen molar-refractivity contribution in [2.45, 2.75) is 32.8 Å². The van der Waals surface area contributed by atoms with Crippen LogP contribution in [0.5, 0.6) is 0 Å². The lowest BCUT2D eigenvalue weighted by atomic mass is 9.86. The molecule has 0 bridgehead atoms. The third-order valence-electron chi connectivity index (χ3n) is 2.82. The summed E-state index contributed by atoms with van der Waals surface area (Å²) < 4.78 is 26.2. The van der Waals surface area contributed by atoms with Crippen molar-refractivity contribution in [3.05, 3.63) is 35.4 Å². The maximum Gasteiger partial charge on any atom is 0.162 e. The van der Waals surface area contributed by atoms with Gasteiger partial charge in [0.25, 0.3) is 0 Å². The maximum atomic E-state index is 13.3. The number of benzene rings is 1. The van der Waals surface area contributed by atoms with Crippen LogP contribution in [0.15, 0.2) is 18.2 Å². The Hall–Kier alpha value is -0.960. The fourth-order valence-corrected chi connectivity index (χ4v) is 1.27. The normalized spacial score (nSPS) is 15.4. The minimum absolute atomic E-state index is 0.0137. The molecule has 0 heterocycles. The SMILES string of the molecule is CC(C)C(C)(O)Cc1cccc(F)c1F. The third kappa shape index (κ3) is 2.75. The van der Waals surface area contributed by atoms with Gasteiger partial charge in [-0.15, -0.1) is 0 Å². The molecule has 0 saturated heterocycles. The zero-order valence-electron chi connectivity index (χ0n) is 9.22. The first-order valence-corrected chi connectivity index (χ1v) is 5.00. The lowest BCUT2D eigenvalue weighted by Gasteiger charge is -2.27. The van der Waals surface area contributed by atoms with E-state index in [4.69, 9.17) is 0 Å². The van der Waals surface area contributed by atoms with E-state index in [1.807, 2.05) is 13.8 Å². The van der Waals surface area contributed by atoms with Crippen LogP contribution in [0.1, 0.15) is 26.3 Å². The van der Waals surface area contributed by atoms with Crippen LogP contribution in [0, 0.1) is 17.6 Å². The monoisotopic (exact) mass is 214 g/mol. The van der Waals surface area contributed by atoms with Gasteiger partial charge in [0.2, 0.25) is 0 Å². The van der Waals surface area contributed by atoms with Crippen LogP contribution < -0.4 is 0 Å². The molecule has 3 heteroatoms. The van der Waals surface area contributed by atoms with Crippen molar-refractivity contribution in [2.24, 2.45) is 5.92 Å². The van der Waals surface area contributed by atoms with Crippen molar-refractivity contribution < 1.29 is 13.9 Å². The number of rotatable bonds is 3. The summed E-state index contributed by atoms with van der Waals surface area (Å²) in [4.78, 5) is 0. The van der Waals surface area contributed by atoms with Crippen molar-refractivity contribution in [3.8, 4) is 0 Å². The fourth-order valence-electron chi connectivity index (χ4n) is 1.27. The molecule has 1 N–H and O–H groups in total. The van der Waals surface area contributed by atoms with Crippen LogP contribution in [0.4, 0.5) is 8.78 Å². The van der Waals surface area contributed by atoms with E-state index in [9.17, 15) is 13.9 Å². The molecule has 15 heavy (non-hydrogen) atoms. The van der Waals surface area contributed by atoms with E-state index in [1.54, 1.807) is 6.92 Å². The fraction of sp³-hybridized carbons (Fsp3) is 0.500. The number of aliphatic hydroxyl groups is 1. The summed E-state index contributed by atoms with van der Waals surface area (Å²) in [7, 11) is 0. The van der Waals surface area contributed by atoms with Crippen LogP contribution in [0.3, 0.4) is 0 Å². The molecule has 1 atom stereocenters.